The number of rotatable bonds is 4. The molecule has 0 aromatic heterocycles. The fourth-order valence-electron chi connectivity index (χ4n) is 3.32. The fraction of sp³-hybridized carbons (Fsp3) is 0.588. The van der Waals surface area contributed by atoms with Gasteiger partial charge in [-0.05, 0) is 30.9 Å². The second-order valence-corrected chi connectivity index (χ2v) is 6.74. The number of hydrogen-bond donors (Lipinski definition) is 1. The number of amides is 1. The Morgan fingerprint density at radius 3 is 2.59 bits per heavy atom. The van der Waals surface area contributed by atoms with Crippen LogP contribution in [0.2, 0.25) is 5.02 Å². The van der Waals surface area contributed by atoms with Crippen LogP contribution in [-0.4, -0.2) is 36.0 Å². The second kappa shape index (κ2) is 6.88. The number of halogens is 1. The summed E-state index contributed by atoms with van der Waals surface area (Å²) in [5.41, 5.74) is 6.17. The van der Waals surface area contributed by atoms with Gasteiger partial charge in [0.2, 0.25) is 5.91 Å². The van der Waals surface area contributed by atoms with E-state index in [4.69, 9.17) is 22.1 Å². The van der Waals surface area contributed by atoms with Gasteiger partial charge in [-0.15, -0.1) is 0 Å². The quantitative estimate of drug-likeness (QED) is 0.927. The van der Waals surface area contributed by atoms with Gasteiger partial charge in [0.15, 0.2) is 0 Å². The highest BCUT2D eigenvalue weighted by molar-refractivity contribution is 6.32. The highest BCUT2D eigenvalue weighted by Crippen LogP contribution is 2.29. The highest BCUT2D eigenvalue weighted by atomic mass is 35.5. The van der Waals surface area contributed by atoms with Gasteiger partial charge in [0.25, 0.3) is 0 Å². The van der Waals surface area contributed by atoms with E-state index in [1.54, 1.807) is 11.0 Å². The zero-order chi connectivity index (χ0) is 15.5. The van der Waals surface area contributed by atoms with Gasteiger partial charge in [-0.25, -0.2) is 0 Å². The van der Waals surface area contributed by atoms with Crippen LogP contribution in [0.25, 0.3) is 0 Å². The summed E-state index contributed by atoms with van der Waals surface area (Å²) in [4.78, 5) is 14.2. The molecule has 0 bridgehead atoms. The maximum Gasteiger partial charge on any atom is 0.240 e. The van der Waals surface area contributed by atoms with E-state index in [-0.39, 0.29) is 18.1 Å². The van der Waals surface area contributed by atoms with Crippen molar-refractivity contribution in [1.82, 2.24) is 4.90 Å². The third-order valence-corrected chi connectivity index (χ3v) is 5.05. The molecule has 1 aliphatic heterocycles. The highest BCUT2D eigenvalue weighted by Gasteiger charge is 2.37. The summed E-state index contributed by atoms with van der Waals surface area (Å²) in [6.07, 6.45) is 5.85. The Balaban J connectivity index is 1.48. The Morgan fingerprint density at radius 2 is 1.91 bits per heavy atom. The van der Waals surface area contributed by atoms with E-state index < -0.39 is 0 Å². The number of nitrogens with zero attached hydrogens (tertiary/aromatic N) is 1. The molecule has 0 spiro atoms. The molecule has 1 aromatic carbocycles. The number of hydrogen-bond acceptors (Lipinski definition) is 3. The van der Waals surface area contributed by atoms with Gasteiger partial charge in [0.1, 0.15) is 11.9 Å². The molecule has 2 aliphatic rings. The van der Waals surface area contributed by atoms with E-state index in [1.807, 2.05) is 18.2 Å². The lowest BCUT2D eigenvalue weighted by atomic mass is 9.83. The second-order valence-electron chi connectivity index (χ2n) is 6.34. The predicted octanol–water partition coefficient (Wildman–Crippen LogP) is 2.84. The van der Waals surface area contributed by atoms with Crippen LogP contribution in [0, 0.1) is 5.92 Å². The monoisotopic (exact) mass is 322 g/mol. The summed E-state index contributed by atoms with van der Waals surface area (Å²) >= 11 is 6.07. The third-order valence-electron chi connectivity index (χ3n) is 4.73. The van der Waals surface area contributed by atoms with Crippen molar-refractivity contribution >= 4 is 17.5 Å². The molecule has 1 heterocycles. The average molecular weight is 323 g/mol. The Morgan fingerprint density at radius 1 is 1.23 bits per heavy atom. The fourth-order valence-corrected chi connectivity index (χ4v) is 3.50. The summed E-state index contributed by atoms with van der Waals surface area (Å²) in [5, 5.41) is 0.603. The summed E-state index contributed by atoms with van der Waals surface area (Å²) < 4.78 is 5.82. The van der Waals surface area contributed by atoms with Gasteiger partial charge >= 0.3 is 0 Å². The maximum absolute atomic E-state index is 12.4. The molecule has 0 radical (unpaired) electrons. The summed E-state index contributed by atoms with van der Waals surface area (Å²) in [6, 6.07) is 7.07. The maximum atomic E-state index is 12.4. The van der Waals surface area contributed by atoms with E-state index in [9.17, 15) is 4.79 Å². The van der Waals surface area contributed by atoms with Crippen LogP contribution in [0.15, 0.2) is 24.3 Å². The van der Waals surface area contributed by atoms with Crippen molar-refractivity contribution in [2.45, 2.75) is 44.2 Å². The first-order chi connectivity index (χ1) is 10.6. The van der Waals surface area contributed by atoms with Crippen molar-refractivity contribution in [1.29, 1.82) is 0 Å². The third kappa shape index (κ3) is 3.39. The molecule has 1 atom stereocenters. The lowest BCUT2D eigenvalue weighted by molar-refractivity contribution is -0.143. The zero-order valence-electron chi connectivity index (χ0n) is 12.7. The smallest absolute Gasteiger partial charge is 0.240 e. The van der Waals surface area contributed by atoms with Gasteiger partial charge in [-0.2, -0.15) is 0 Å². The molecule has 1 aliphatic carbocycles. The van der Waals surface area contributed by atoms with E-state index >= 15 is 0 Å². The first-order valence-corrected chi connectivity index (χ1v) is 8.48. The van der Waals surface area contributed by atoms with Crippen LogP contribution in [0.1, 0.15) is 32.1 Å². The van der Waals surface area contributed by atoms with Crippen molar-refractivity contribution in [2.24, 2.45) is 11.7 Å². The zero-order valence-corrected chi connectivity index (χ0v) is 13.5. The van der Waals surface area contributed by atoms with Crippen molar-refractivity contribution in [2.75, 3.05) is 13.1 Å². The van der Waals surface area contributed by atoms with E-state index in [1.165, 1.54) is 19.3 Å². The molecule has 2 fully saturated rings. The van der Waals surface area contributed by atoms with Gasteiger partial charge in [0, 0.05) is 0 Å². The predicted molar refractivity (Wildman–Crippen MR) is 87.0 cm³/mol. The van der Waals surface area contributed by atoms with Crippen LogP contribution in [-0.2, 0) is 4.79 Å². The molecule has 4 nitrogen and oxygen atoms in total. The molecule has 0 unspecified atom stereocenters. The number of ether oxygens (including phenoxy) is 1. The number of benzene rings is 1. The Hall–Kier alpha value is -1.26. The molecule has 1 saturated carbocycles. The Labute approximate surface area is 136 Å². The molecular weight excluding hydrogens is 300 g/mol. The summed E-state index contributed by atoms with van der Waals surface area (Å²) in [5.74, 6) is 1.11. The van der Waals surface area contributed by atoms with Crippen LogP contribution in [0.5, 0.6) is 5.75 Å². The summed E-state index contributed by atoms with van der Waals surface area (Å²) in [7, 11) is 0. The minimum absolute atomic E-state index is 0.0161. The van der Waals surface area contributed by atoms with Crippen molar-refractivity contribution in [3.05, 3.63) is 29.3 Å². The van der Waals surface area contributed by atoms with Crippen molar-refractivity contribution in [3.63, 3.8) is 0 Å². The minimum Gasteiger partial charge on any atom is -0.485 e. The molecular formula is C17H23ClN2O2. The Kier molecular flexibility index (Phi) is 4.89. The standard InChI is InChI=1S/C17H23ClN2O2/c18-14-8-4-5-9-15(14)22-13-10-20(11-13)17(21)16(19)12-6-2-1-3-7-12/h4-5,8-9,12-13,16H,1-3,6-7,10-11,19H2/t16-/m0/s1. The van der Waals surface area contributed by atoms with Gasteiger partial charge < -0.3 is 15.4 Å². The first kappa shape index (κ1) is 15.6. The lowest BCUT2D eigenvalue weighted by Crippen LogP contribution is -2.61. The molecule has 1 saturated heterocycles. The number of carbonyl (C=O) groups excluding carboxylic acids is 1. The number of carbonyl (C=O) groups is 1. The normalized spacial score (nSPS) is 21.3. The Bertz CT molecular complexity index is 525. The van der Waals surface area contributed by atoms with E-state index in [2.05, 4.69) is 0 Å². The molecule has 3 rings (SSSR count). The molecule has 1 aromatic rings. The van der Waals surface area contributed by atoms with Crippen LogP contribution in [0.3, 0.4) is 0 Å². The molecule has 5 heteroatoms. The van der Waals surface area contributed by atoms with Crippen LogP contribution in [0.4, 0.5) is 0 Å². The lowest BCUT2D eigenvalue weighted by Gasteiger charge is -2.41. The van der Waals surface area contributed by atoms with Gasteiger partial charge in [-0.3, -0.25) is 4.79 Å². The SMILES string of the molecule is N[C@H](C(=O)N1CC(Oc2ccccc2Cl)C1)C1CCCCC1. The number of para-hydroxylation sites is 1. The van der Waals surface area contributed by atoms with Crippen molar-refractivity contribution in [3.8, 4) is 5.75 Å². The molecule has 120 valence electrons. The molecule has 1 amide bonds. The summed E-state index contributed by atoms with van der Waals surface area (Å²) in [6.45, 7) is 1.20. The van der Waals surface area contributed by atoms with Gasteiger partial charge in [-0.1, -0.05) is 43.0 Å². The largest absolute Gasteiger partial charge is 0.485 e. The average Bonchev–Trinajstić information content (AvgIpc) is 2.51. The van der Waals surface area contributed by atoms with Crippen LogP contribution < -0.4 is 10.5 Å². The molecule has 2 N–H and O–H groups in total. The topological polar surface area (TPSA) is 55.6 Å². The number of likely N-dealkylation sites (tertiary alicyclic amines) is 1. The van der Waals surface area contributed by atoms with E-state index in [0.29, 0.717) is 29.8 Å². The van der Waals surface area contributed by atoms with Crippen LogP contribution >= 0.6 is 11.6 Å². The van der Waals surface area contributed by atoms with Gasteiger partial charge in [0.05, 0.1) is 24.2 Å². The first-order valence-electron chi connectivity index (χ1n) is 8.10. The van der Waals surface area contributed by atoms with E-state index in [0.717, 1.165) is 12.8 Å². The molecule has 22 heavy (non-hydrogen) atoms. The van der Waals surface area contributed by atoms with Crippen molar-refractivity contribution < 1.29 is 9.53 Å². The number of nitrogens with two attached hydrogens (primary N) is 1. The minimum atomic E-state index is -0.346.